The second-order valence-electron chi connectivity index (χ2n) is 8.87. The second-order valence-corrected chi connectivity index (χ2v) is 9.30. The molecule has 9 heteroatoms. The van der Waals surface area contributed by atoms with E-state index >= 15 is 0 Å². The Morgan fingerprint density at radius 1 is 1.17 bits per heavy atom. The summed E-state index contributed by atoms with van der Waals surface area (Å²) in [6.07, 6.45) is 3.27. The molecule has 1 aromatic heterocycles. The van der Waals surface area contributed by atoms with Gasteiger partial charge in [-0.1, -0.05) is 23.7 Å². The smallest absolute Gasteiger partial charge is 0.161 e. The van der Waals surface area contributed by atoms with Crippen LogP contribution >= 0.6 is 11.6 Å². The Balaban J connectivity index is 1.35. The predicted molar refractivity (Wildman–Crippen MR) is 133 cm³/mol. The maximum atomic E-state index is 11.2. The first-order chi connectivity index (χ1) is 16.9. The van der Waals surface area contributed by atoms with Gasteiger partial charge in [-0.2, -0.15) is 0 Å². The molecule has 1 aliphatic rings. The van der Waals surface area contributed by atoms with Crippen LogP contribution in [0.3, 0.4) is 0 Å². The highest BCUT2D eigenvalue weighted by Gasteiger charge is 2.42. The first-order valence-corrected chi connectivity index (χ1v) is 12.0. The van der Waals surface area contributed by atoms with E-state index in [9.17, 15) is 10.2 Å². The van der Waals surface area contributed by atoms with Crippen molar-refractivity contribution >= 4 is 11.6 Å². The van der Waals surface area contributed by atoms with Crippen LogP contribution in [0.25, 0.3) is 0 Å². The minimum atomic E-state index is -1.39. The normalized spacial score (nSPS) is 20.5. The van der Waals surface area contributed by atoms with Crippen molar-refractivity contribution in [2.24, 2.45) is 0 Å². The average Bonchev–Trinajstić information content (AvgIpc) is 3.25. The van der Waals surface area contributed by atoms with Crippen LogP contribution < -0.4 is 14.2 Å². The van der Waals surface area contributed by atoms with Gasteiger partial charge in [-0.25, -0.2) is 4.98 Å². The number of aryl methyl sites for hydroxylation is 1. The molecule has 2 N–H and O–H groups in total. The molecule has 1 saturated heterocycles. The molecule has 0 spiro atoms. The van der Waals surface area contributed by atoms with E-state index in [0.29, 0.717) is 54.9 Å². The van der Waals surface area contributed by atoms with Crippen molar-refractivity contribution in [2.75, 3.05) is 33.4 Å². The SMILES string of the molecule is COc1cc(CN2CC[C@H](O)[C@@](O)(COc3cccc(Cl)c3)C2)ccc1OCCn1ccnc1C. The third-order valence-electron chi connectivity index (χ3n) is 6.27. The van der Waals surface area contributed by atoms with E-state index in [4.69, 9.17) is 25.8 Å². The quantitative estimate of drug-likeness (QED) is 0.440. The van der Waals surface area contributed by atoms with E-state index in [0.717, 1.165) is 11.4 Å². The number of rotatable bonds is 10. The van der Waals surface area contributed by atoms with E-state index in [2.05, 4.69) is 9.88 Å². The summed E-state index contributed by atoms with van der Waals surface area (Å²) in [7, 11) is 1.62. The van der Waals surface area contributed by atoms with Crippen LogP contribution in [0.15, 0.2) is 54.9 Å². The highest BCUT2D eigenvalue weighted by atomic mass is 35.5. The van der Waals surface area contributed by atoms with E-state index in [-0.39, 0.29) is 13.2 Å². The Kier molecular flexibility index (Phi) is 8.18. The van der Waals surface area contributed by atoms with Gasteiger partial charge in [-0.3, -0.25) is 4.90 Å². The molecular formula is C26H32ClN3O5. The van der Waals surface area contributed by atoms with E-state index < -0.39 is 11.7 Å². The molecule has 8 nitrogen and oxygen atoms in total. The molecule has 0 saturated carbocycles. The fraction of sp³-hybridized carbons (Fsp3) is 0.423. The molecule has 35 heavy (non-hydrogen) atoms. The number of aromatic nitrogens is 2. The molecule has 0 radical (unpaired) electrons. The van der Waals surface area contributed by atoms with Crippen LogP contribution in [0.5, 0.6) is 17.2 Å². The Labute approximate surface area is 210 Å². The highest BCUT2D eigenvalue weighted by molar-refractivity contribution is 6.30. The molecule has 4 rings (SSSR count). The second kappa shape index (κ2) is 11.3. The predicted octanol–water partition coefficient (Wildman–Crippen LogP) is 3.31. The molecule has 3 aromatic rings. The first kappa shape index (κ1) is 25.3. The monoisotopic (exact) mass is 501 g/mol. The molecule has 188 valence electrons. The molecule has 0 amide bonds. The number of halogens is 1. The zero-order valence-corrected chi connectivity index (χ0v) is 20.8. The largest absolute Gasteiger partial charge is 0.493 e. The maximum absolute atomic E-state index is 11.2. The van der Waals surface area contributed by atoms with Crippen LogP contribution in [0.4, 0.5) is 0 Å². The van der Waals surface area contributed by atoms with Crippen LogP contribution in [-0.4, -0.2) is 69.8 Å². The fourth-order valence-corrected chi connectivity index (χ4v) is 4.45. The van der Waals surface area contributed by atoms with Crippen molar-refractivity contribution in [2.45, 2.75) is 38.1 Å². The summed E-state index contributed by atoms with van der Waals surface area (Å²) in [5, 5.41) is 22.2. The lowest BCUT2D eigenvalue weighted by molar-refractivity contribution is -0.140. The van der Waals surface area contributed by atoms with E-state index in [1.807, 2.05) is 35.9 Å². The molecular weight excluding hydrogens is 470 g/mol. The summed E-state index contributed by atoms with van der Waals surface area (Å²) in [4.78, 5) is 6.32. The number of aliphatic hydroxyl groups excluding tert-OH is 1. The molecule has 0 unspecified atom stereocenters. The van der Waals surface area contributed by atoms with Crippen molar-refractivity contribution in [3.8, 4) is 17.2 Å². The first-order valence-electron chi connectivity index (χ1n) is 11.6. The number of imidazole rings is 1. The Bertz CT molecular complexity index is 1120. The van der Waals surface area contributed by atoms with Gasteiger partial charge in [0, 0.05) is 37.1 Å². The summed E-state index contributed by atoms with van der Waals surface area (Å²) in [6.45, 7) is 4.65. The fourth-order valence-electron chi connectivity index (χ4n) is 4.27. The van der Waals surface area contributed by atoms with Crippen molar-refractivity contribution in [1.29, 1.82) is 0 Å². The number of ether oxygens (including phenoxy) is 3. The molecule has 2 heterocycles. The Hall–Kier alpha value is -2.78. The standard InChI is InChI=1S/C26H32ClN3O5/c1-19-28-9-11-30(19)12-13-34-23-7-6-20(14-24(23)33-2)16-29-10-8-25(31)26(32,17-29)18-35-22-5-3-4-21(27)15-22/h3-7,9,11,14-15,25,31-32H,8,10,12-13,16-18H2,1-2H3/t25-,26-/m0/s1. The summed E-state index contributed by atoms with van der Waals surface area (Å²) in [5.41, 5.74) is -0.367. The lowest BCUT2D eigenvalue weighted by Gasteiger charge is -2.42. The van der Waals surface area contributed by atoms with E-state index in [1.54, 1.807) is 37.6 Å². The average molecular weight is 502 g/mol. The third kappa shape index (κ3) is 6.46. The van der Waals surface area contributed by atoms with Crippen molar-refractivity contribution < 1.29 is 24.4 Å². The summed E-state index contributed by atoms with van der Waals surface area (Å²) >= 11 is 6.01. The Morgan fingerprint density at radius 2 is 2.03 bits per heavy atom. The van der Waals surface area contributed by atoms with Crippen molar-refractivity contribution in [3.05, 3.63) is 71.3 Å². The highest BCUT2D eigenvalue weighted by Crippen LogP contribution is 2.30. The molecule has 2 aromatic carbocycles. The number of likely N-dealkylation sites (tertiary alicyclic amines) is 1. The van der Waals surface area contributed by atoms with Crippen LogP contribution in [0.1, 0.15) is 17.8 Å². The van der Waals surface area contributed by atoms with Gasteiger partial charge in [0.25, 0.3) is 0 Å². The Morgan fingerprint density at radius 3 is 2.77 bits per heavy atom. The third-order valence-corrected chi connectivity index (χ3v) is 6.50. The molecule has 0 aliphatic carbocycles. The number of hydrogen-bond acceptors (Lipinski definition) is 7. The summed E-state index contributed by atoms with van der Waals surface area (Å²) < 4.78 is 19.3. The van der Waals surface area contributed by atoms with Gasteiger partial charge >= 0.3 is 0 Å². The van der Waals surface area contributed by atoms with Crippen LogP contribution in [0.2, 0.25) is 5.02 Å². The van der Waals surface area contributed by atoms with Gasteiger partial charge in [0.05, 0.1) is 19.8 Å². The number of aliphatic hydroxyl groups is 2. The van der Waals surface area contributed by atoms with E-state index in [1.165, 1.54) is 0 Å². The van der Waals surface area contributed by atoms with Gasteiger partial charge in [0.15, 0.2) is 11.5 Å². The van der Waals surface area contributed by atoms with Gasteiger partial charge in [0.1, 0.15) is 30.4 Å². The zero-order valence-electron chi connectivity index (χ0n) is 20.1. The number of piperidine rings is 1. The van der Waals surface area contributed by atoms with Gasteiger partial charge in [0.2, 0.25) is 0 Å². The molecule has 1 fully saturated rings. The van der Waals surface area contributed by atoms with Crippen molar-refractivity contribution in [1.82, 2.24) is 14.5 Å². The lowest BCUT2D eigenvalue weighted by atomic mass is 9.90. The summed E-state index contributed by atoms with van der Waals surface area (Å²) in [5.74, 6) is 2.83. The van der Waals surface area contributed by atoms with Crippen LogP contribution in [0, 0.1) is 6.92 Å². The lowest BCUT2D eigenvalue weighted by Crippen LogP contribution is -2.59. The number of nitrogens with zero attached hydrogens (tertiary/aromatic N) is 3. The number of hydrogen-bond donors (Lipinski definition) is 2. The maximum Gasteiger partial charge on any atom is 0.161 e. The van der Waals surface area contributed by atoms with Gasteiger partial charge in [-0.05, 0) is 49.2 Å². The minimum absolute atomic E-state index is 0.0303. The molecule has 0 bridgehead atoms. The molecule has 2 atom stereocenters. The number of methoxy groups -OCH3 is 1. The van der Waals surface area contributed by atoms with Gasteiger partial charge in [-0.15, -0.1) is 0 Å². The summed E-state index contributed by atoms with van der Waals surface area (Å²) in [6, 6.07) is 12.8. The molecule has 1 aliphatic heterocycles. The minimum Gasteiger partial charge on any atom is -0.493 e. The zero-order chi connectivity index (χ0) is 24.8. The topological polar surface area (TPSA) is 89.2 Å². The number of benzene rings is 2. The van der Waals surface area contributed by atoms with Gasteiger partial charge < -0.3 is 29.0 Å². The number of β-amino-alcohol motifs (C(OH)–C–C–N with tert-alkyl or cyclic N) is 1. The van der Waals surface area contributed by atoms with Crippen LogP contribution in [-0.2, 0) is 13.1 Å². The van der Waals surface area contributed by atoms with Crippen molar-refractivity contribution in [3.63, 3.8) is 0 Å².